The van der Waals surface area contributed by atoms with Crippen molar-refractivity contribution in [1.29, 1.82) is 0 Å². The monoisotopic (exact) mass is 199 g/mol. The van der Waals surface area contributed by atoms with Crippen molar-refractivity contribution >= 4 is 5.78 Å². The quantitative estimate of drug-likeness (QED) is 0.686. The predicted octanol–water partition coefficient (Wildman–Crippen LogP) is 1.32. The summed E-state index contributed by atoms with van der Waals surface area (Å²) in [5, 5.41) is 0. The zero-order valence-corrected chi connectivity index (χ0v) is 9.67. The molecule has 0 radical (unpaired) electrons. The highest BCUT2D eigenvalue weighted by molar-refractivity contribution is 5.89. The summed E-state index contributed by atoms with van der Waals surface area (Å²) in [6.07, 6.45) is 1.77. The van der Waals surface area contributed by atoms with Gasteiger partial charge in [0.1, 0.15) is 0 Å². The Morgan fingerprint density at radius 3 is 2.21 bits per heavy atom. The van der Waals surface area contributed by atoms with Crippen molar-refractivity contribution in [2.45, 2.75) is 32.2 Å². The van der Waals surface area contributed by atoms with Crippen LogP contribution in [0.25, 0.3) is 0 Å². The fraction of sp³-hybridized carbons (Fsp3) is 0.909. The van der Waals surface area contributed by atoms with Crippen molar-refractivity contribution in [2.24, 2.45) is 5.92 Å². The minimum Gasteiger partial charge on any atom is -0.381 e. The molecule has 0 aliphatic carbocycles. The van der Waals surface area contributed by atoms with Gasteiger partial charge in [0.25, 0.3) is 0 Å². The van der Waals surface area contributed by atoms with Crippen molar-refractivity contribution in [3.8, 4) is 0 Å². The normalized spacial score (nSPS) is 20.1. The first kappa shape index (κ1) is 11.7. The van der Waals surface area contributed by atoms with E-state index in [1.807, 2.05) is 32.8 Å². The first-order chi connectivity index (χ1) is 6.46. The van der Waals surface area contributed by atoms with Gasteiger partial charge in [0, 0.05) is 19.1 Å². The zero-order chi connectivity index (χ0) is 10.8. The van der Waals surface area contributed by atoms with Crippen LogP contribution in [0.3, 0.4) is 0 Å². The second-order valence-corrected chi connectivity index (χ2v) is 4.70. The van der Waals surface area contributed by atoms with E-state index in [-0.39, 0.29) is 11.5 Å². The second-order valence-electron chi connectivity index (χ2n) is 4.70. The van der Waals surface area contributed by atoms with Crippen LogP contribution in [0.15, 0.2) is 0 Å². The number of hydrogen-bond donors (Lipinski definition) is 0. The first-order valence-electron chi connectivity index (χ1n) is 5.25. The molecule has 0 aromatic heterocycles. The third-order valence-corrected chi connectivity index (χ3v) is 3.31. The Balaban J connectivity index is 2.63. The average Bonchev–Trinajstić information content (AvgIpc) is 2.17. The molecule has 0 amide bonds. The van der Waals surface area contributed by atoms with Crippen molar-refractivity contribution in [3.63, 3.8) is 0 Å². The largest absolute Gasteiger partial charge is 0.381 e. The molecular weight excluding hydrogens is 178 g/mol. The Morgan fingerprint density at radius 2 is 1.79 bits per heavy atom. The third kappa shape index (κ3) is 2.34. The molecular formula is C11H21NO2. The van der Waals surface area contributed by atoms with E-state index in [1.54, 1.807) is 0 Å². The van der Waals surface area contributed by atoms with Crippen LogP contribution in [0.1, 0.15) is 26.7 Å². The van der Waals surface area contributed by atoms with E-state index in [9.17, 15) is 4.79 Å². The summed E-state index contributed by atoms with van der Waals surface area (Å²) in [5.74, 6) is 0.548. The van der Waals surface area contributed by atoms with Gasteiger partial charge in [-0.15, -0.1) is 0 Å². The molecule has 1 saturated heterocycles. The molecule has 1 aliphatic heterocycles. The highest BCUT2D eigenvalue weighted by atomic mass is 16.5. The van der Waals surface area contributed by atoms with Gasteiger partial charge in [-0.05, 0) is 40.8 Å². The number of carbonyl (C=O) groups excluding carboxylic acids is 1. The molecule has 0 spiro atoms. The highest BCUT2D eigenvalue weighted by Crippen LogP contribution is 2.24. The molecule has 1 fully saturated rings. The Labute approximate surface area is 86.4 Å². The molecule has 0 atom stereocenters. The number of carbonyl (C=O) groups is 1. The van der Waals surface area contributed by atoms with E-state index in [1.165, 1.54) is 0 Å². The predicted molar refractivity (Wildman–Crippen MR) is 56.3 cm³/mol. The number of rotatable bonds is 3. The molecule has 3 heteroatoms. The molecule has 1 aliphatic rings. The van der Waals surface area contributed by atoms with Crippen LogP contribution in [0.2, 0.25) is 0 Å². The fourth-order valence-electron chi connectivity index (χ4n) is 1.68. The van der Waals surface area contributed by atoms with Gasteiger partial charge in [0.2, 0.25) is 0 Å². The molecule has 82 valence electrons. The fourth-order valence-corrected chi connectivity index (χ4v) is 1.68. The lowest BCUT2D eigenvalue weighted by atomic mass is 9.83. The summed E-state index contributed by atoms with van der Waals surface area (Å²) >= 11 is 0. The number of Topliss-reactive ketones (excluding diaryl/α,β-unsaturated/α-hetero) is 1. The molecule has 0 bridgehead atoms. The van der Waals surface area contributed by atoms with Crippen LogP contribution in [0.4, 0.5) is 0 Å². The standard InChI is InChI=1S/C11H21NO2/c1-11(2,12(3)4)10(13)9-5-7-14-8-6-9/h9H,5-8H2,1-4H3. The van der Waals surface area contributed by atoms with Crippen molar-refractivity contribution in [2.75, 3.05) is 27.3 Å². The summed E-state index contributed by atoms with van der Waals surface area (Å²) < 4.78 is 5.26. The topological polar surface area (TPSA) is 29.5 Å². The molecule has 3 nitrogen and oxygen atoms in total. The van der Waals surface area contributed by atoms with E-state index in [0.29, 0.717) is 5.78 Å². The van der Waals surface area contributed by atoms with Gasteiger partial charge in [-0.1, -0.05) is 0 Å². The second kappa shape index (κ2) is 4.41. The minimum absolute atomic E-state index is 0.196. The molecule has 1 heterocycles. The first-order valence-corrected chi connectivity index (χ1v) is 5.25. The Bertz CT molecular complexity index is 205. The maximum atomic E-state index is 12.2. The Morgan fingerprint density at radius 1 is 1.29 bits per heavy atom. The molecule has 0 N–H and O–H groups in total. The number of nitrogens with zero attached hydrogens (tertiary/aromatic N) is 1. The number of ether oxygens (including phenoxy) is 1. The lowest BCUT2D eigenvalue weighted by Crippen LogP contribution is -2.49. The zero-order valence-electron chi connectivity index (χ0n) is 9.67. The number of likely N-dealkylation sites (N-methyl/N-ethyl adjacent to an activating group) is 1. The van der Waals surface area contributed by atoms with Gasteiger partial charge in [0.05, 0.1) is 5.54 Å². The average molecular weight is 199 g/mol. The number of hydrogen-bond acceptors (Lipinski definition) is 3. The number of ketones is 1. The van der Waals surface area contributed by atoms with Gasteiger partial charge in [0.15, 0.2) is 5.78 Å². The van der Waals surface area contributed by atoms with Gasteiger partial charge < -0.3 is 4.74 Å². The third-order valence-electron chi connectivity index (χ3n) is 3.31. The van der Waals surface area contributed by atoms with Crippen LogP contribution in [0.5, 0.6) is 0 Å². The Kier molecular flexibility index (Phi) is 3.67. The van der Waals surface area contributed by atoms with Gasteiger partial charge >= 0.3 is 0 Å². The van der Waals surface area contributed by atoms with Crippen LogP contribution in [0, 0.1) is 5.92 Å². The van der Waals surface area contributed by atoms with E-state index >= 15 is 0 Å². The minimum atomic E-state index is -0.345. The summed E-state index contributed by atoms with van der Waals surface area (Å²) in [5.41, 5.74) is -0.345. The van der Waals surface area contributed by atoms with E-state index < -0.39 is 0 Å². The van der Waals surface area contributed by atoms with Crippen LogP contribution in [-0.4, -0.2) is 43.5 Å². The van der Waals surface area contributed by atoms with Gasteiger partial charge in [-0.25, -0.2) is 0 Å². The maximum Gasteiger partial charge on any atom is 0.155 e. The molecule has 0 aromatic rings. The molecule has 14 heavy (non-hydrogen) atoms. The molecule has 1 rings (SSSR count). The van der Waals surface area contributed by atoms with Gasteiger partial charge in [-0.2, -0.15) is 0 Å². The van der Waals surface area contributed by atoms with Crippen LogP contribution >= 0.6 is 0 Å². The summed E-state index contributed by atoms with van der Waals surface area (Å²) in [7, 11) is 3.91. The van der Waals surface area contributed by atoms with Crippen LogP contribution in [-0.2, 0) is 9.53 Å². The maximum absolute atomic E-state index is 12.2. The lowest BCUT2D eigenvalue weighted by molar-refractivity contribution is -0.135. The lowest BCUT2D eigenvalue weighted by Gasteiger charge is -2.35. The summed E-state index contributed by atoms with van der Waals surface area (Å²) in [4.78, 5) is 14.2. The van der Waals surface area contributed by atoms with Crippen molar-refractivity contribution in [3.05, 3.63) is 0 Å². The van der Waals surface area contributed by atoms with Crippen molar-refractivity contribution in [1.82, 2.24) is 4.90 Å². The molecule has 0 aromatic carbocycles. The summed E-state index contributed by atoms with van der Waals surface area (Å²) in [6.45, 7) is 5.45. The van der Waals surface area contributed by atoms with Gasteiger partial charge in [-0.3, -0.25) is 9.69 Å². The molecule has 0 saturated carbocycles. The van der Waals surface area contributed by atoms with E-state index in [0.717, 1.165) is 26.1 Å². The van der Waals surface area contributed by atoms with E-state index in [4.69, 9.17) is 4.74 Å². The van der Waals surface area contributed by atoms with E-state index in [2.05, 4.69) is 0 Å². The highest BCUT2D eigenvalue weighted by Gasteiger charge is 2.35. The van der Waals surface area contributed by atoms with Crippen molar-refractivity contribution < 1.29 is 9.53 Å². The smallest absolute Gasteiger partial charge is 0.155 e. The summed E-state index contributed by atoms with van der Waals surface area (Å²) in [6, 6.07) is 0. The Hall–Kier alpha value is -0.410. The molecule has 0 unspecified atom stereocenters. The SMILES string of the molecule is CN(C)C(C)(C)C(=O)C1CCOCC1. The van der Waals surface area contributed by atoms with Crippen LogP contribution < -0.4 is 0 Å².